The summed E-state index contributed by atoms with van der Waals surface area (Å²) in [5, 5.41) is -0.639. The molecule has 0 saturated heterocycles. The van der Waals surface area contributed by atoms with E-state index in [1.165, 1.54) is 0 Å². The normalized spacial score (nSPS) is 5.43. The van der Waals surface area contributed by atoms with Crippen LogP contribution in [-0.4, -0.2) is 5.24 Å². The van der Waals surface area contributed by atoms with Crippen LogP contribution in [0.4, 0.5) is 4.79 Å². The van der Waals surface area contributed by atoms with Crippen LogP contribution in [-0.2, 0) is 0 Å². The van der Waals surface area contributed by atoms with Gasteiger partial charge in [0.25, 0.3) is 5.24 Å². The van der Waals surface area contributed by atoms with E-state index in [9.17, 15) is 0 Å². The molecule has 0 atom stereocenters. The van der Waals surface area contributed by atoms with Crippen molar-refractivity contribution in [3.05, 3.63) is 12.7 Å². The number of primary amides is 1. The molecule has 0 aromatic heterocycles. The summed E-state index contributed by atoms with van der Waals surface area (Å²) in [7, 11) is 0. The van der Waals surface area contributed by atoms with Gasteiger partial charge < -0.3 is 5.73 Å². The van der Waals surface area contributed by atoms with Gasteiger partial charge in [0.2, 0.25) is 0 Å². The maximum absolute atomic E-state index is 9.09. The summed E-state index contributed by atoms with van der Waals surface area (Å²) < 4.78 is 0. The number of amides is 1. The van der Waals surface area contributed by atoms with Crippen molar-refractivity contribution in [2.45, 2.75) is 6.92 Å². The molecule has 2 nitrogen and oxygen atoms in total. The molecule has 0 radical (unpaired) electrons. The van der Waals surface area contributed by atoms with Gasteiger partial charge in [0.05, 0.1) is 0 Å². The van der Waals surface area contributed by atoms with E-state index in [1.807, 2.05) is 6.92 Å². The Morgan fingerprint density at radius 3 is 2.00 bits per heavy atom. The van der Waals surface area contributed by atoms with Gasteiger partial charge in [-0.05, 0) is 6.92 Å². The van der Waals surface area contributed by atoms with Crippen LogP contribution in [0.5, 0.6) is 0 Å². The van der Waals surface area contributed by atoms with Crippen LogP contribution in [0.15, 0.2) is 12.7 Å². The summed E-state index contributed by atoms with van der Waals surface area (Å²) >= 11 is 3.10. The second-order valence-electron chi connectivity index (χ2n) is 0.746. The van der Waals surface area contributed by atoms with Crippen molar-refractivity contribution >= 4 is 17.9 Å². The molecule has 0 heterocycles. The molecule has 0 bridgehead atoms. The number of thiol groups is 1. The highest BCUT2D eigenvalue weighted by atomic mass is 32.1. The molecule has 0 unspecified atom stereocenters. The van der Waals surface area contributed by atoms with Crippen molar-refractivity contribution in [2.75, 3.05) is 0 Å². The highest BCUT2D eigenvalue weighted by Crippen LogP contribution is 1.60. The smallest absolute Gasteiger partial charge is 0.273 e. The third-order valence-corrected chi connectivity index (χ3v) is 0. The van der Waals surface area contributed by atoms with E-state index in [0.29, 0.717) is 0 Å². The molecule has 3 heteroatoms. The quantitative estimate of drug-likeness (QED) is 0.365. The summed E-state index contributed by atoms with van der Waals surface area (Å²) in [6.07, 6.45) is 1.75. The Morgan fingerprint density at radius 2 is 2.00 bits per heavy atom. The van der Waals surface area contributed by atoms with Crippen molar-refractivity contribution in [1.82, 2.24) is 0 Å². The molecule has 0 saturated carbocycles. The molecule has 42 valence electrons. The lowest BCUT2D eigenvalue weighted by molar-refractivity contribution is 0.267. The zero-order chi connectivity index (χ0) is 6.28. The highest BCUT2D eigenvalue weighted by molar-refractivity contribution is 7.96. The van der Waals surface area contributed by atoms with Crippen LogP contribution in [0.25, 0.3) is 0 Å². The minimum absolute atomic E-state index is 0.639. The van der Waals surface area contributed by atoms with Crippen molar-refractivity contribution in [3.63, 3.8) is 0 Å². The van der Waals surface area contributed by atoms with Gasteiger partial charge in [0.15, 0.2) is 0 Å². The Morgan fingerprint density at radius 1 is 2.00 bits per heavy atom. The van der Waals surface area contributed by atoms with Crippen LogP contribution in [0.2, 0.25) is 0 Å². The van der Waals surface area contributed by atoms with Crippen LogP contribution in [0.1, 0.15) is 6.92 Å². The lowest BCUT2D eigenvalue weighted by Crippen LogP contribution is -1.95. The molecule has 0 rings (SSSR count). The summed E-state index contributed by atoms with van der Waals surface area (Å²) in [6.45, 7) is 5.25. The number of allylic oxidation sites excluding steroid dienone is 1. The minimum atomic E-state index is -0.639. The first kappa shape index (κ1) is 9.75. The molecule has 0 aliphatic carbocycles. The Balaban J connectivity index is 0. The van der Waals surface area contributed by atoms with Crippen LogP contribution < -0.4 is 5.73 Å². The van der Waals surface area contributed by atoms with E-state index in [0.717, 1.165) is 0 Å². The zero-order valence-electron chi connectivity index (χ0n) is 4.22. The van der Waals surface area contributed by atoms with Crippen LogP contribution >= 0.6 is 12.6 Å². The van der Waals surface area contributed by atoms with Gasteiger partial charge in [-0.25, -0.2) is 0 Å². The number of hydrogen-bond acceptors (Lipinski definition) is 1. The van der Waals surface area contributed by atoms with E-state index in [-0.39, 0.29) is 0 Å². The van der Waals surface area contributed by atoms with E-state index < -0.39 is 5.24 Å². The Kier molecular flexibility index (Phi) is 12.7. The fourth-order valence-electron chi connectivity index (χ4n) is 0. The SMILES string of the molecule is C=CC.NC(=O)S. The predicted molar refractivity (Wildman–Crippen MR) is 34.4 cm³/mol. The average Bonchev–Trinajstić information content (AvgIpc) is 1.33. The van der Waals surface area contributed by atoms with Crippen molar-refractivity contribution in [1.29, 1.82) is 0 Å². The second-order valence-corrected chi connectivity index (χ2v) is 1.19. The summed E-state index contributed by atoms with van der Waals surface area (Å²) in [5.41, 5.74) is 4.34. The number of carbonyl (C=O) groups excluding carboxylic acids is 1. The average molecular weight is 119 g/mol. The zero-order valence-corrected chi connectivity index (χ0v) is 5.11. The van der Waals surface area contributed by atoms with Crippen LogP contribution in [0, 0.1) is 0 Å². The number of rotatable bonds is 0. The number of nitrogens with two attached hydrogens (primary N) is 1. The minimum Gasteiger partial charge on any atom is -0.361 e. The monoisotopic (exact) mass is 119 g/mol. The fourth-order valence-corrected chi connectivity index (χ4v) is 0. The highest BCUT2D eigenvalue weighted by Gasteiger charge is 1.63. The third kappa shape index (κ3) is 364. The molecule has 0 aromatic carbocycles. The molecular weight excluding hydrogens is 110 g/mol. The first-order chi connectivity index (χ1) is 3.15. The largest absolute Gasteiger partial charge is 0.361 e. The van der Waals surface area contributed by atoms with Gasteiger partial charge >= 0.3 is 0 Å². The fraction of sp³-hybridized carbons (Fsp3) is 0.250. The first-order valence-corrected chi connectivity index (χ1v) is 2.15. The second kappa shape index (κ2) is 9.12. The molecule has 0 fully saturated rings. The van der Waals surface area contributed by atoms with E-state index >= 15 is 0 Å². The molecule has 0 aliphatic heterocycles. The lowest BCUT2D eigenvalue weighted by Gasteiger charge is -1.58. The summed E-state index contributed by atoms with van der Waals surface area (Å²) in [5.74, 6) is 0. The van der Waals surface area contributed by atoms with E-state index in [2.05, 4.69) is 24.9 Å². The number of hydrogen-bond donors (Lipinski definition) is 2. The van der Waals surface area contributed by atoms with Crippen molar-refractivity contribution in [3.8, 4) is 0 Å². The first-order valence-electron chi connectivity index (χ1n) is 1.70. The molecule has 2 N–H and O–H groups in total. The van der Waals surface area contributed by atoms with Gasteiger partial charge in [0.1, 0.15) is 0 Å². The predicted octanol–water partition coefficient (Wildman–Crippen LogP) is 1.19. The topological polar surface area (TPSA) is 43.1 Å². The Labute approximate surface area is 48.8 Å². The van der Waals surface area contributed by atoms with Gasteiger partial charge in [0, 0.05) is 0 Å². The molecule has 0 aliphatic rings. The summed E-state index contributed by atoms with van der Waals surface area (Å²) in [6, 6.07) is 0. The Bertz CT molecular complexity index is 58.7. The molecule has 7 heavy (non-hydrogen) atoms. The van der Waals surface area contributed by atoms with Gasteiger partial charge in [-0.15, -0.1) is 6.58 Å². The molecule has 1 amide bonds. The van der Waals surface area contributed by atoms with Gasteiger partial charge in [-0.1, -0.05) is 18.7 Å². The van der Waals surface area contributed by atoms with Gasteiger partial charge in [-0.2, -0.15) is 0 Å². The van der Waals surface area contributed by atoms with Crippen LogP contribution in [0.3, 0.4) is 0 Å². The van der Waals surface area contributed by atoms with Crippen molar-refractivity contribution < 1.29 is 4.79 Å². The van der Waals surface area contributed by atoms with E-state index in [1.54, 1.807) is 6.08 Å². The molecular formula is C4H9NOS. The Hall–Kier alpha value is -0.440. The van der Waals surface area contributed by atoms with E-state index in [4.69, 9.17) is 4.79 Å². The maximum atomic E-state index is 9.09. The third-order valence-electron chi connectivity index (χ3n) is 0. The summed E-state index contributed by atoms with van der Waals surface area (Å²) in [4.78, 5) is 9.09. The maximum Gasteiger partial charge on any atom is 0.273 e. The number of carbonyl (C=O) groups is 1. The molecule has 0 aromatic rings. The standard InChI is InChI=1S/C3H6.CH3NOS/c1-3-2;2-1(3)4/h3H,1H2,2H3;(H3,2,3,4). The van der Waals surface area contributed by atoms with Gasteiger partial charge in [-0.3, -0.25) is 4.79 Å². The lowest BCUT2D eigenvalue weighted by atomic mass is 10.8. The molecule has 0 spiro atoms. The van der Waals surface area contributed by atoms with Crippen molar-refractivity contribution in [2.24, 2.45) is 5.73 Å².